The van der Waals surface area contributed by atoms with Crippen molar-refractivity contribution in [2.45, 2.75) is 26.2 Å². The van der Waals surface area contributed by atoms with E-state index in [1.165, 1.54) is 0 Å². The maximum Gasteiger partial charge on any atom is 0.132 e. The van der Waals surface area contributed by atoms with Gasteiger partial charge in [0.1, 0.15) is 5.78 Å². The number of rotatable bonds is 4. The lowest BCUT2D eigenvalue weighted by Crippen LogP contribution is -1.93. The number of Topliss-reactive ketones (excluding diaryl/α,β-unsaturated/α-hetero) is 1. The molecule has 0 N–H and O–H groups in total. The first-order valence-corrected chi connectivity index (χ1v) is 3.42. The molecule has 0 unspecified atom stereocenters. The van der Waals surface area contributed by atoms with Gasteiger partial charge in [-0.3, -0.25) is 4.79 Å². The van der Waals surface area contributed by atoms with Crippen LogP contribution in [-0.2, 0) is 4.79 Å². The number of hydrogen-bond acceptors (Lipinski definition) is 1. The summed E-state index contributed by atoms with van der Waals surface area (Å²) in [5.74, 6) is 0.914. The molecule has 0 saturated carbocycles. The van der Waals surface area contributed by atoms with E-state index in [2.05, 4.69) is 0 Å². The molecule has 0 atom stereocenters. The summed E-state index contributed by atoms with van der Waals surface area (Å²) in [6.45, 7) is 1.87. The minimum absolute atomic E-state index is 0.311. The molecule has 0 aliphatic carbocycles. The third-order valence-corrected chi connectivity index (χ3v) is 1.25. The lowest BCUT2D eigenvalue weighted by molar-refractivity contribution is -0.118. The van der Waals surface area contributed by atoms with Crippen LogP contribution in [0.2, 0.25) is 0 Å². The van der Waals surface area contributed by atoms with E-state index in [1.54, 1.807) is 0 Å². The van der Waals surface area contributed by atoms with Gasteiger partial charge in [-0.15, -0.1) is 11.6 Å². The largest absolute Gasteiger partial charge is 0.300 e. The molecule has 0 amide bonds. The molecule has 48 valence electrons. The van der Waals surface area contributed by atoms with Crippen LogP contribution in [0.1, 0.15) is 26.2 Å². The predicted molar refractivity (Wildman–Crippen MR) is 35.3 cm³/mol. The van der Waals surface area contributed by atoms with Crippen LogP contribution in [0.15, 0.2) is 0 Å². The van der Waals surface area contributed by atoms with E-state index in [4.69, 9.17) is 11.6 Å². The zero-order chi connectivity index (χ0) is 6.41. The highest BCUT2D eigenvalue weighted by Crippen LogP contribution is 1.95. The fourth-order valence-electron chi connectivity index (χ4n) is 0.441. The van der Waals surface area contributed by atoms with E-state index < -0.39 is 0 Å². The van der Waals surface area contributed by atoms with Crippen molar-refractivity contribution in [1.82, 2.24) is 0 Å². The average Bonchev–Trinajstić information content (AvgIpc) is 1.83. The minimum Gasteiger partial charge on any atom is -0.300 e. The number of carbonyl (C=O) groups is 1. The smallest absolute Gasteiger partial charge is 0.132 e. The van der Waals surface area contributed by atoms with Crippen LogP contribution in [0.5, 0.6) is 0 Å². The Morgan fingerprint density at radius 1 is 1.62 bits per heavy atom. The Kier molecular flexibility index (Phi) is 5.08. The number of halogens is 1. The molecule has 8 heavy (non-hydrogen) atoms. The molecule has 0 rings (SSSR count). The quantitative estimate of drug-likeness (QED) is 0.538. The first kappa shape index (κ1) is 7.96. The second-order valence-electron chi connectivity index (χ2n) is 1.68. The Hall–Kier alpha value is -0.0400. The first-order chi connectivity index (χ1) is 3.81. The number of ketones is 1. The average molecular weight is 135 g/mol. The molecular weight excluding hydrogens is 124 g/mol. The molecule has 0 saturated heterocycles. The lowest BCUT2D eigenvalue weighted by atomic mass is 10.2. The predicted octanol–water partition coefficient (Wildman–Crippen LogP) is 1.98. The third-order valence-electron chi connectivity index (χ3n) is 0.984. The third kappa shape index (κ3) is 4.13. The maximum absolute atomic E-state index is 10.5. The summed E-state index contributed by atoms with van der Waals surface area (Å²) >= 11 is 5.35. The molecule has 2 heteroatoms. The lowest BCUT2D eigenvalue weighted by Gasteiger charge is -1.90. The monoisotopic (exact) mass is 134 g/mol. The van der Waals surface area contributed by atoms with Gasteiger partial charge in [-0.25, -0.2) is 0 Å². The van der Waals surface area contributed by atoms with E-state index in [-0.39, 0.29) is 0 Å². The highest BCUT2D eigenvalue weighted by molar-refractivity contribution is 6.17. The Labute approximate surface area is 55.0 Å². The minimum atomic E-state index is 0.311. The highest BCUT2D eigenvalue weighted by atomic mass is 35.5. The second-order valence-corrected chi connectivity index (χ2v) is 2.06. The van der Waals surface area contributed by atoms with Crippen molar-refractivity contribution in [1.29, 1.82) is 0 Å². The Bertz CT molecular complexity index is 70.9. The highest BCUT2D eigenvalue weighted by Gasteiger charge is 1.94. The van der Waals surface area contributed by atoms with Crippen LogP contribution in [0.3, 0.4) is 0 Å². The van der Waals surface area contributed by atoms with Gasteiger partial charge >= 0.3 is 0 Å². The Morgan fingerprint density at radius 3 is 2.62 bits per heavy atom. The van der Waals surface area contributed by atoms with Gasteiger partial charge in [-0.1, -0.05) is 6.92 Å². The van der Waals surface area contributed by atoms with Gasteiger partial charge in [-0.05, 0) is 6.42 Å². The molecule has 0 aromatic carbocycles. The topological polar surface area (TPSA) is 17.1 Å². The van der Waals surface area contributed by atoms with E-state index in [1.807, 2.05) is 6.92 Å². The van der Waals surface area contributed by atoms with E-state index >= 15 is 0 Å². The van der Waals surface area contributed by atoms with Crippen molar-refractivity contribution in [3.05, 3.63) is 0 Å². The van der Waals surface area contributed by atoms with Crippen molar-refractivity contribution >= 4 is 17.4 Å². The SMILES string of the molecule is CCC(=O)CCCCl. The Balaban J connectivity index is 2.99. The van der Waals surface area contributed by atoms with Crippen molar-refractivity contribution in [2.24, 2.45) is 0 Å². The molecule has 0 aromatic rings. The summed E-state index contributed by atoms with van der Waals surface area (Å²) < 4.78 is 0. The number of alkyl halides is 1. The van der Waals surface area contributed by atoms with Crippen molar-refractivity contribution < 1.29 is 4.79 Å². The fourth-order valence-corrected chi connectivity index (χ4v) is 0.574. The molecule has 0 aliphatic heterocycles. The van der Waals surface area contributed by atoms with Gasteiger partial charge < -0.3 is 0 Å². The van der Waals surface area contributed by atoms with Gasteiger partial charge in [0.15, 0.2) is 0 Å². The van der Waals surface area contributed by atoms with Gasteiger partial charge in [-0.2, -0.15) is 0 Å². The summed E-state index contributed by atoms with van der Waals surface area (Å²) in [5, 5.41) is 0. The summed E-state index contributed by atoms with van der Waals surface area (Å²) in [5.41, 5.74) is 0. The number of carbonyl (C=O) groups excluding carboxylic acids is 1. The van der Waals surface area contributed by atoms with Crippen LogP contribution in [0.4, 0.5) is 0 Å². The van der Waals surface area contributed by atoms with Crippen LogP contribution >= 0.6 is 11.6 Å². The van der Waals surface area contributed by atoms with Gasteiger partial charge in [0.05, 0.1) is 0 Å². The Morgan fingerprint density at radius 2 is 2.25 bits per heavy atom. The first-order valence-electron chi connectivity index (χ1n) is 2.89. The zero-order valence-electron chi connectivity index (χ0n) is 5.11. The molecule has 0 heterocycles. The molecule has 0 spiro atoms. The summed E-state index contributed by atoms with van der Waals surface area (Å²) in [6.07, 6.45) is 2.13. The molecule has 0 fully saturated rings. The molecule has 1 nitrogen and oxygen atoms in total. The summed E-state index contributed by atoms with van der Waals surface area (Å²) in [6, 6.07) is 0. The second kappa shape index (κ2) is 5.10. The normalized spacial score (nSPS) is 9.25. The van der Waals surface area contributed by atoms with Crippen LogP contribution in [-0.4, -0.2) is 11.7 Å². The fraction of sp³-hybridized carbons (Fsp3) is 0.833. The molecule has 0 bridgehead atoms. The molecule has 0 radical (unpaired) electrons. The molecule has 0 aromatic heterocycles. The molecular formula is C6H11ClO. The van der Waals surface area contributed by atoms with Crippen molar-refractivity contribution in [3.8, 4) is 0 Å². The maximum atomic E-state index is 10.5. The molecule has 0 aliphatic rings. The van der Waals surface area contributed by atoms with Gasteiger partial charge in [0.2, 0.25) is 0 Å². The summed E-state index contributed by atoms with van der Waals surface area (Å²) in [7, 11) is 0. The summed E-state index contributed by atoms with van der Waals surface area (Å²) in [4.78, 5) is 10.5. The van der Waals surface area contributed by atoms with E-state index in [9.17, 15) is 4.79 Å². The van der Waals surface area contributed by atoms with E-state index in [0.717, 1.165) is 6.42 Å². The van der Waals surface area contributed by atoms with Gasteiger partial charge in [0.25, 0.3) is 0 Å². The van der Waals surface area contributed by atoms with Gasteiger partial charge in [0, 0.05) is 18.7 Å². The van der Waals surface area contributed by atoms with Crippen LogP contribution < -0.4 is 0 Å². The van der Waals surface area contributed by atoms with Crippen LogP contribution in [0.25, 0.3) is 0 Å². The van der Waals surface area contributed by atoms with E-state index in [0.29, 0.717) is 24.5 Å². The number of hydrogen-bond donors (Lipinski definition) is 0. The standard InChI is InChI=1S/C6H11ClO/c1-2-6(8)4-3-5-7/h2-5H2,1H3. The van der Waals surface area contributed by atoms with Crippen molar-refractivity contribution in [3.63, 3.8) is 0 Å². The van der Waals surface area contributed by atoms with Crippen molar-refractivity contribution in [2.75, 3.05) is 5.88 Å². The zero-order valence-corrected chi connectivity index (χ0v) is 5.87. The van der Waals surface area contributed by atoms with Crippen LogP contribution in [0, 0.1) is 0 Å².